The minimum Gasteiger partial charge on any atom is -0.497 e. The number of carbonyl (C=O) groups excluding carboxylic acids is 1. The van der Waals surface area contributed by atoms with Gasteiger partial charge in [-0.1, -0.05) is 12.1 Å². The molecule has 2 aromatic rings. The molecule has 1 N–H and O–H groups in total. The average molecular weight is 308 g/mol. The summed E-state index contributed by atoms with van der Waals surface area (Å²) >= 11 is 3.17. The third-order valence-electron chi connectivity index (χ3n) is 2.63. The Morgan fingerprint density at radius 1 is 1.50 bits per heavy atom. The molecule has 0 spiro atoms. The number of carbonyl (C=O) groups is 1. The van der Waals surface area contributed by atoms with Gasteiger partial charge in [0.15, 0.2) is 0 Å². The normalized spacial score (nSPS) is 10.3. The molecule has 0 aliphatic carbocycles. The molecule has 1 aromatic carbocycles. The number of hydrogen-bond acceptors (Lipinski definition) is 5. The van der Waals surface area contributed by atoms with E-state index in [1.165, 1.54) is 0 Å². The number of nitrogens with one attached hydrogen (secondary N) is 1. The highest BCUT2D eigenvalue weighted by molar-refractivity contribution is 7.99. The molecule has 0 unspecified atom stereocenters. The Balaban J connectivity index is 1.99. The summed E-state index contributed by atoms with van der Waals surface area (Å²) in [7, 11) is 3.30. The second kappa shape index (κ2) is 7.31. The Bertz CT molecular complexity index is 584. The fourth-order valence-electron chi connectivity index (χ4n) is 1.58. The van der Waals surface area contributed by atoms with Gasteiger partial charge in [0.1, 0.15) is 10.8 Å². The highest BCUT2D eigenvalue weighted by atomic mass is 32.2. The third kappa shape index (κ3) is 3.98. The maximum absolute atomic E-state index is 11.1. The Kier molecular flexibility index (Phi) is 5.43. The standard InChI is InChI=1S/C14H16N2O2S2/c1-15-13(17)9-19-7-11-8-20-14(16-11)10-4-3-5-12(6-10)18-2/h3-6,8H,7,9H2,1-2H3,(H,15,17). The number of rotatable bonds is 6. The van der Waals surface area contributed by atoms with Gasteiger partial charge in [-0.05, 0) is 12.1 Å². The van der Waals surface area contributed by atoms with E-state index in [9.17, 15) is 4.79 Å². The van der Waals surface area contributed by atoms with Gasteiger partial charge in [-0.3, -0.25) is 4.79 Å². The summed E-state index contributed by atoms with van der Waals surface area (Å²) in [6.07, 6.45) is 0. The van der Waals surface area contributed by atoms with Gasteiger partial charge in [-0.15, -0.1) is 23.1 Å². The van der Waals surface area contributed by atoms with Gasteiger partial charge >= 0.3 is 0 Å². The summed E-state index contributed by atoms with van der Waals surface area (Å²) in [6, 6.07) is 7.86. The van der Waals surface area contributed by atoms with E-state index in [4.69, 9.17) is 4.74 Å². The van der Waals surface area contributed by atoms with E-state index in [1.807, 2.05) is 29.6 Å². The van der Waals surface area contributed by atoms with E-state index < -0.39 is 0 Å². The molecular formula is C14H16N2O2S2. The van der Waals surface area contributed by atoms with Crippen LogP contribution in [0.15, 0.2) is 29.6 Å². The zero-order valence-corrected chi connectivity index (χ0v) is 13.0. The zero-order valence-electron chi connectivity index (χ0n) is 11.4. The van der Waals surface area contributed by atoms with Gasteiger partial charge in [-0.2, -0.15) is 0 Å². The lowest BCUT2D eigenvalue weighted by Crippen LogP contribution is -2.19. The molecule has 0 fully saturated rings. The van der Waals surface area contributed by atoms with Crippen LogP contribution in [0.3, 0.4) is 0 Å². The Labute approximate surface area is 126 Å². The van der Waals surface area contributed by atoms with Crippen LogP contribution in [0.4, 0.5) is 0 Å². The van der Waals surface area contributed by atoms with E-state index in [0.717, 1.165) is 27.8 Å². The van der Waals surface area contributed by atoms with Crippen LogP contribution in [0, 0.1) is 0 Å². The number of benzene rings is 1. The molecule has 0 atom stereocenters. The molecule has 0 saturated heterocycles. The quantitative estimate of drug-likeness (QED) is 0.891. The number of methoxy groups -OCH3 is 1. The number of amides is 1. The summed E-state index contributed by atoms with van der Waals surface area (Å²) in [4.78, 5) is 15.7. The second-order valence-corrected chi connectivity index (χ2v) is 5.89. The monoisotopic (exact) mass is 308 g/mol. The third-order valence-corrected chi connectivity index (χ3v) is 4.54. The molecule has 1 aromatic heterocycles. The lowest BCUT2D eigenvalue weighted by molar-refractivity contribution is -0.118. The highest BCUT2D eigenvalue weighted by Crippen LogP contribution is 2.27. The van der Waals surface area contributed by atoms with Crippen LogP contribution < -0.4 is 10.1 Å². The summed E-state index contributed by atoms with van der Waals surface area (Å²) in [6.45, 7) is 0. The first-order chi connectivity index (χ1) is 9.72. The van der Waals surface area contributed by atoms with Crippen molar-refractivity contribution < 1.29 is 9.53 Å². The van der Waals surface area contributed by atoms with E-state index in [1.54, 1.807) is 37.3 Å². The first-order valence-corrected chi connectivity index (χ1v) is 8.13. The van der Waals surface area contributed by atoms with Crippen LogP contribution in [0.1, 0.15) is 5.69 Å². The topological polar surface area (TPSA) is 51.2 Å². The number of ether oxygens (including phenoxy) is 1. The maximum atomic E-state index is 11.1. The first kappa shape index (κ1) is 14.9. The van der Waals surface area contributed by atoms with E-state index >= 15 is 0 Å². The fourth-order valence-corrected chi connectivity index (χ4v) is 3.29. The van der Waals surface area contributed by atoms with Crippen molar-refractivity contribution in [2.45, 2.75) is 5.75 Å². The van der Waals surface area contributed by atoms with Crippen LogP contribution in [0.2, 0.25) is 0 Å². The molecule has 106 valence electrons. The van der Waals surface area contributed by atoms with Crippen LogP contribution in [-0.2, 0) is 10.5 Å². The van der Waals surface area contributed by atoms with Gasteiger partial charge < -0.3 is 10.1 Å². The number of hydrogen-bond donors (Lipinski definition) is 1. The lowest BCUT2D eigenvalue weighted by atomic mass is 10.2. The van der Waals surface area contributed by atoms with Crippen LogP contribution >= 0.6 is 23.1 Å². The van der Waals surface area contributed by atoms with Crippen molar-refractivity contribution in [3.63, 3.8) is 0 Å². The summed E-state index contributed by atoms with van der Waals surface area (Å²) in [5.41, 5.74) is 2.05. The van der Waals surface area contributed by atoms with E-state index in [-0.39, 0.29) is 5.91 Å². The number of aromatic nitrogens is 1. The average Bonchev–Trinajstić information content (AvgIpc) is 2.96. The summed E-state index contributed by atoms with van der Waals surface area (Å²) in [5, 5.41) is 5.61. The van der Waals surface area contributed by atoms with Crippen molar-refractivity contribution >= 4 is 29.0 Å². The number of thiazole rings is 1. The second-order valence-electron chi connectivity index (χ2n) is 4.04. The van der Waals surface area contributed by atoms with Crippen molar-refractivity contribution in [3.8, 4) is 16.3 Å². The smallest absolute Gasteiger partial charge is 0.229 e. The molecule has 20 heavy (non-hydrogen) atoms. The minimum atomic E-state index is 0.0400. The van der Waals surface area contributed by atoms with Crippen molar-refractivity contribution in [1.29, 1.82) is 0 Å². The Morgan fingerprint density at radius 2 is 2.35 bits per heavy atom. The van der Waals surface area contributed by atoms with Gasteiger partial charge in [0.2, 0.25) is 5.91 Å². The lowest BCUT2D eigenvalue weighted by Gasteiger charge is -2.01. The highest BCUT2D eigenvalue weighted by Gasteiger charge is 2.07. The SMILES string of the molecule is CNC(=O)CSCc1csc(-c2cccc(OC)c2)n1. The molecule has 0 radical (unpaired) electrons. The van der Waals surface area contributed by atoms with Gasteiger partial charge in [0.25, 0.3) is 0 Å². The fraction of sp³-hybridized carbons (Fsp3) is 0.286. The number of nitrogens with zero attached hydrogens (tertiary/aromatic N) is 1. The van der Waals surface area contributed by atoms with Crippen molar-refractivity contribution in [1.82, 2.24) is 10.3 Å². The van der Waals surface area contributed by atoms with E-state index in [0.29, 0.717) is 5.75 Å². The molecular weight excluding hydrogens is 292 g/mol. The molecule has 0 aliphatic rings. The molecule has 0 aliphatic heterocycles. The van der Waals surface area contributed by atoms with E-state index in [2.05, 4.69) is 10.3 Å². The predicted molar refractivity (Wildman–Crippen MR) is 84.3 cm³/mol. The predicted octanol–water partition coefficient (Wildman–Crippen LogP) is 2.80. The summed E-state index contributed by atoms with van der Waals surface area (Å²) < 4.78 is 5.22. The van der Waals surface area contributed by atoms with Gasteiger partial charge in [-0.25, -0.2) is 4.98 Å². The molecule has 6 heteroatoms. The Morgan fingerprint density at radius 3 is 3.10 bits per heavy atom. The van der Waals surface area contributed by atoms with Crippen molar-refractivity contribution in [2.75, 3.05) is 19.9 Å². The molecule has 1 amide bonds. The molecule has 0 bridgehead atoms. The number of thioether (sulfide) groups is 1. The van der Waals surface area contributed by atoms with Gasteiger partial charge in [0, 0.05) is 23.7 Å². The zero-order chi connectivity index (χ0) is 14.4. The minimum absolute atomic E-state index is 0.0400. The maximum Gasteiger partial charge on any atom is 0.229 e. The first-order valence-electron chi connectivity index (χ1n) is 6.10. The van der Waals surface area contributed by atoms with Crippen LogP contribution in [0.5, 0.6) is 5.75 Å². The molecule has 0 saturated carbocycles. The van der Waals surface area contributed by atoms with Crippen molar-refractivity contribution in [2.24, 2.45) is 0 Å². The van der Waals surface area contributed by atoms with Crippen molar-refractivity contribution in [3.05, 3.63) is 35.3 Å². The van der Waals surface area contributed by atoms with Gasteiger partial charge in [0.05, 0.1) is 18.6 Å². The largest absolute Gasteiger partial charge is 0.497 e. The molecule has 2 rings (SSSR count). The Hall–Kier alpha value is -1.53. The molecule has 4 nitrogen and oxygen atoms in total. The van der Waals surface area contributed by atoms with Crippen LogP contribution in [0.25, 0.3) is 10.6 Å². The summed E-state index contributed by atoms with van der Waals surface area (Å²) in [5.74, 6) is 2.07. The van der Waals surface area contributed by atoms with Crippen LogP contribution in [-0.4, -0.2) is 30.8 Å². The molecule has 1 heterocycles.